The van der Waals surface area contributed by atoms with E-state index in [4.69, 9.17) is 0 Å². The van der Waals surface area contributed by atoms with Gasteiger partial charge < -0.3 is 0 Å². The quantitative estimate of drug-likeness (QED) is 0.404. The van der Waals surface area contributed by atoms with Crippen LogP contribution in [0.2, 0.25) is 18.1 Å². The van der Waals surface area contributed by atoms with Gasteiger partial charge in [-0.05, 0) is 0 Å². The van der Waals surface area contributed by atoms with Crippen molar-refractivity contribution in [2.24, 2.45) is 0 Å². The molecule has 0 nitrogen and oxygen atoms in total. The number of rotatable bonds is 6. The van der Waals surface area contributed by atoms with Gasteiger partial charge in [-0.1, -0.05) is 0 Å². The molecular formula is C9H15Si-. The maximum atomic E-state index is 3.72. The van der Waals surface area contributed by atoms with Gasteiger partial charge in [-0.2, -0.15) is 18.1 Å². The smallest absolute Gasteiger partial charge is 0.106 e. The van der Waals surface area contributed by atoms with Gasteiger partial charge in [0, 0.05) is 0 Å². The van der Waals surface area contributed by atoms with E-state index in [-0.39, 0.29) is 8.80 Å². The Balaban J connectivity index is 3.58. The molecule has 0 aromatic heterocycles. The predicted octanol–water partition coefficient (Wildman–Crippen LogP) is 3.04. The third kappa shape index (κ3) is 4.33. The molecule has 0 amide bonds. The number of allylic oxidation sites excluding steroid dienone is 3. The molecule has 1 heteroatoms. The Labute approximate surface area is 65.6 Å². The first-order valence-corrected chi connectivity index (χ1v) is 5.63. The molecular weight excluding hydrogens is 136 g/mol. The lowest BCUT2D eigenvalue weighted by Crippen LogP contribution is -2.07. The molecule has 0 rings (SSSR count). The second-order valence-corrected chi connectivity index (χ2v) is 4.95. The van der Waals surface area contributed by atoms with Gasteiger partial charge in [-0.3, -0.25) is 0 Å². The molecule has 56 valence electrons. The monoisotopic (exact) mass is 151 g/mol. The van der Waals surface area contributed by atoms with Crippen LogP contribution in [0.1, 0.15) is 0 Å². The first-order valence-electron chi connectivity index (χ1n) is 3.51. The van der Waals surface area contributed by atoms with Crippen molar-refractivity contribution in [1.82, 2.24) is 0 Å². The third-order valence-corrected chi connectivity index (χ3v) is 3.90. The van der Waals surface area contributed by atoms with Crippen LogP contribution in [0.25, 0.3) is 0 Å². The van der Waals surface area contributed by atoms with Crippen molar-refractivity contribution >= 4 is 8.80 Å². The van der Waals surface area contributed by atoms with Gasteiger partial charge >= 0.3 is 0 Å². The molecule has 0 N–H and O–H groups in total. The van der Waals surface area contributed by atoms with Crippen LogP contribution in [0.15, 0.2) is 38.0 Å². The van der Waals surface area contributed by atoms with E-state index in [0.717, 1.165) is 0 Å². The molecule has 0 saturated carbocycles. The Bertz CT molecular complexity index is 92.1. The van der Waals surface area contributed by atoms with Crippen molar-refractivity contribution in [2.45, 2.75) is 18.1 Å². The summed E-state index contributed by atoms with van der Waals surface area (Å²) in [6.07, 6.45) is 6.00. The summed E-state index contributed by atoms with van der Waals surface area (Å²) in [6, 6.07) is 3.51. The Kier molecular flexibility index (Phi) is 6.19. The molecule has 0 bridgehead atoms. The first-order chi connectivity index (χ1) is 4.85. The van der Waals surface area contributed by atoms with E-state index in [1.54, 1.807) is 0 Å². The summed E-state index contributed by atoms with van der Waals surface area (Å²) in [7, 11) is -0.252. The minimum Gasteiger partial charge on any atom is -0.246 e. The summed E-state index contributed by atoms with van der Waals surface area (Å²) in [6.45, 7) is 11.2. The fourth-order valence-corrected chi connectivity index (χ4v) is 2.59. The summed E-state index contributed by atoms with van der Waals surface area (Å²) in [4.78, 5) is 0. The van der Waals surface area contributed by atoms with Crippen LogP contribution < -0.4 is 0 Å². The van der Waals surface area contributed by atoms with Crippen LogP contribution in [-0.4, -0.2) is 8.80 Å². The second-order valence-electron chi connectivity index (χ2n) is 2.23. The maximum absolute atomic E-state index is 3.72. The molecule has 10 heavy (non-hydrogen) atoms. The van der Waals surface area contributed by atoms with Gasteiger partial charge in [-0.25, -0.2) is 8.80 Å². The molecule has 0 aromatic rings. The highest BCUT2D eigenvalue weighted by atomic mass is 28.3. The van der Waals surface area contributed by atoms with Crippen molar-refractivity contribution in [3.63, 3.8) is 0 Å². The predicted molar refractivity (Wildman–Crippen MR) is 50.8 cm³/mol. The van der Waals surface area contributed by atoms with E-state index in [1.807, 2.05) is 18.2 Å². The molecule has 0 fully saturated rings. The molecule has 0 aliphatic carbocycles. The van der Waals surface area contributed by atoms with Crippen LogP contribution in [0.3, 0.4) is 0 Å². The fraction of sp³-hybridized carbons (Fsp3) is 0.333. The van der Waals surface area contributed by atoms with E-state index in [9.17, 15) is 0 Å². The highest BCUT2D eigenvalue weighted by Gasteiger charge is 1.85. The lowest BCUT2D eigenvalue weighted by Gasteiger charge is -2.22. The van der Waals surface area contributed by atoms with Gasteiger partial charge in [0.15, 0.2) is 0 Å². The van der Waals surface area contributed by atoms with E-state index in [0.29, 0.717) is 0 Å². The molecule has 0 unspecified atom stereocenters. The normalized spacial score (nSPS) is 9.30. The zero-order chi connectivity index (χ0) is 7.82. The topological polar surface area (TPSA) is 0 Å². The molecule has 0 heterocycles. The van der Waals surface area contributed by atoms with Crippen LogP contribution in [0.5, 0.6) is 0 Å². The lowest BCUT2D eigenvalue weighted by atomic mass is 10.7. The average Bonchev–Trinajstić information content (AvgIpc) is 1.90. The molecule has 0 aliphatic rings. The van der Waals surface area contributed by atoms with Crippen molar-refractivity contribution in [3.8, 4) is 0 Å². The minimum absolute atomic E-state index is 0.252. The van der Waals surface area contributed by atoms with Gasteiger partial charge in [-0.15, -0.1) is 38.0 Å². The van der Waals surface area contributed by atoms with Crippen LogP contribution in [0, 0.1) is 0 Å². The third-order valence-electron chi connectivity index (χ3n) is 1.30. The van der Waals surface area contributed by atoms with Crippen molar-refractivity contribution in [3.05, 3.63) is 38.0 Å². The molecule has 0 atom stereocenters. The summed E-state index contributed by atoms with van der Waals surface area (Å²) in [5.74, 6) is 0. The Morgan fingerprint density at radius 2 is 1.10 bits per heavy atom. The zero-order valence-corrected chi connectivity index (χ0v) is 7.47. The summed E-state index contributed by atoms with van der Waals surface area (Å²) in [5.41, 5.74) is 0. The molecule has 0 saturated heterocycles. The standard InChI is InChI=1S/C9H15Si/c1-4-7-10(8-5-2)9-6-3/h4-6H,1-3,7-9H2/q-1. The van der Waals surface area contributed by atoms with Gasteiger partial charge in [0.1, 0.15) is 0 Å². The van der Waals surface area contributed by atoms with Crippen molar-refractivity contribution < 1.29 is 0 Å². The Morgan fingerprint density at radius 1 is 0.800 bits per heavy atom. The molecule has 0 radical (unpaired) electrons. The van der Waals surface area contributed by atoms with Crippen molar-refractivity contribution in [2.75, 3.05) is 0 Å². The van der Waals surface area contributed by atoms with Crippen molar-refractivity contribution in [1.29, 1.82) is 0 Å². The van der Waals surface area contributed by atoms with E-state index < -0.39 is 0 Å². The van der Waals surface area contributed by atoms with E-state index in [2.05, 4.69) is 19.7 Å². The highest BCUT2D eigenvalue weighted by Crippen LogP contribution is 2.06. The first kappa shape index (κ1) is 9.44. The minimum atomic E-state index is -0.252. The second kappa shape index (κ2) is 6.56. The Morgan fingerprint density at radius 3 is 1.30 bits per heavy atom. The lowest BCUT2D eigenvalue weighted by molar-refractivity contribution is 1.45. The van der Waals surface area contributed by atoms with Gasteiger partial charge in [0.05, 0.1) is 0 Å². The number of hydrogen-bond donors (Lipinski definition) is 0. The maximum Gasteiger partial charge on any atom is -0.106 e. The van der Waals surface area contributed by atoms with Gasteiger partial charge in [0.25, 0.3) is 0 Å². The average molecular weight is 151 g/mol. The van der Waals surface area contributed by atoms with E-state index in [1.165, 1.54) is 18.1 Å². The number of hydrogen-bond acceptors (Lipinski definition) is 0. The zero-order valence-electron chi connectivity index (χ0n) is 6.47. The van der Waals surface area contributed by atoms with Crippen LogP contribution in [0.4, 0.5) is 0 Å². The summed E-state index contributed by atoms with van der Waals surface area (Å²) in [5, 5.41) is 0. The van der Waals surface area contributed by atoms with Crippen LogP contribution >= 0.6 is 0 Å². The molecule has 0 aromatic carbocycles. The summed E-state index contributed by atoms with van der Waals surface area (Å²) >= 11 is 0. The SMILES string of the molecule is C=CC[Si-](CC=C)CC=C. The summed E-state index contributed by atoms with van der Waals surface area (Å²) < 4.78 is 0. The largest absolute Gasteiger partial charge is 0.246 e. The Hall–Kier alpha value is -0.563. The molecule has 0 aliphatic heterocycles. The fourth-order valence-electron chi connectivity index (χ4n) is 0.862. The molecule has 0 spiro atoms. The van der Waals surface area contributed by atoms with Crippen LogP contribution in [-0.2, 0) is 0 Å². The van der Waals surface area contributed by atoms with E-state index >= 15 is 0 Å². The van der Waals surface area contributed by atoms with Gasteiger partial charge in [0.2, 0.25) is 0 Å². The highest BCUT2D eigenvalue weighted by molar-refractivity contribution is 6.60.